The van der Waals surface area contributed by atoms with Crippen LogP contribution >= 0.6 is 0 Å². The molecule has 21 nitrogen and oxygen atoms in total. The third-order valence-electron chi connectivity index (χ3n) is 14.6. The normalized spacial score (nSPS) is 11.3. The Hall–Kier alpha value is -8.46. The van der Waals surface area contributed by atoms with Crippen molar-refractivity contribution in [2.24, 2.45) is 10.2 Å². The molecule has 456 valence electrons. The number of nitrogen functional groups attached to an aromatic ring is 2. The quantitative estimate of drug-likeness (QED) is 0.00533. The molecular weight excluding hydrogens is 1100 g/mol. The van der Waals surface area contributed by atoms with Gasteiger partial charge in [0.25, 0.3) is 0 Å². The number of fused-ring (bicyclic) bond motifs is 6. The van der Waals surface area contributed by atoms with E-state index in [2.05, 4.69) is 64.1 Å². The van der Waals surface area contributed by atoms with Crippen LogP contribution < -0.4 is 31.2 Å². The van der Waals surface area contributed by atoms with Crippen LogP contribution in [0.5, 0.6) is 0 Å². The van der Waals surface area contributed by atoms with E-state index in [-0.39, 0.29) is 11.8 Å². The summed E-state index contributed by atoms with van der Waals surface area (Å²) in [7, 11) is 0. The molecule has 0 aliphatic rings. The fourth-order valence-corrected chi connectivity index (χ4v) is 10.6. The van der Waals surface area contributed by atoms with Crippen LogP contribution in [-0.2, 0) is 55.8 Å². The molecule has 2 aromatic heterocycles. The van der Waals surface area contributed by atoms with E-state index in [9.17, 15) is 9.59 Å². The van der Waals surface area contributed by atoms with E-state index < -0.39 is 0 Å². The Balaban J connectivity index is 0.571. The SMILES string of the molecule is [N-]=[N+]=Nc1ccc2c(c1)c(-c1ccccc1)[n+](CCCCCC(=O)NCCOCCOCCOCCOCCOCCOCCOCCNC(=O)CCCCC[n+]1c(-c3ccccc3)c3cc(N=[N+]=[N-])ccc3c3ccc(N)cc31)c1cc(N)ccc21. The highest BCUT2D eigenvalue weighted by Crippen LogP contribution is 2.37. The lowest BCUT2D eigenvalue weighted by Crippen LogP contribution is -2.37. The summed E-state index contributed by atoms with van der Waals surface area (Å²) in [5.74, 6) is -0.00460. The van der Waals surface area contributed by atoms with Gasteiger partial charge in [-0.25, -0.2) is 0 Å². The van der Waals surface area contributed by atoms with Gasteiger partial charge in [0.05, 0.1) is 114 Å². The standard InChI is InChI=1S/C66H78N12O9/c67-51-19-23-57-55-25-21-53(73-75-69)47-59(55)65(49-13-5-1-6-14-49)77(61(57)45-51)29-11-3-9-17-63(79)71-27-31-81-33-35-83-37-39-85-41-43-87-44-42-86-40-38-84-36-34-82-32-28-72-64(80)18-10-4-12-30-78-62-46-52(68)20-24-58(62)56-26-22-54(74-76-70)48-60(56)66(78)50-15-7-2-8-16-50/h1-2,5-8,13-16,19-26,45-48,67-68H,3-4,9-12,17-18,27-44H2,(H2,71,72,79,80)/p+2. The number of rotatable bonds is 40. The Morgan fingerprint density at radius 3 is 1.10 bits per heavy atom. The average Bonchev–Trinajstić information content (AvgIpc) is 0.936. The van der Waals surface area contributed by atoms with Crippen molar-refractivity contribution in [2.75, 3.05) is 117 Å². The molecule has 0 unspecified atom stereocenters. The molecule has 2 heterocycles. The van der Waals surface area contributed by atoms with Gasteiger partial charge in [0.15, 0.2) is 0 Å². The second kappa shape index (κ2) is 35.9. The van der Waals surface area contributed by atoms with Crippen LogP contribution in [0.3, 0.4) is 0 Å². The van der Waals surface area contributed by atoms with Gasteiger partial charge in [0, 0.05) is 105 Å². The molecule has 8 aromatic rings. The Kier molecular flexibility index (Phi) is 26.6. The van der Waals surface area contributed by atoms with Gasteiger partial charge < -0.3 is 55.3 Å². The zero-order valence-electron chi connectivity index (χ0n) is 49.5. The number of nitrogens with two attached hydrogens (primary N) is 2. The summed E-state index contributed by atoms with van der Waals surface area (Å²) >= 11 is 0. The number of hydrogen-bond donors (Lipinski definition) is 4. The van der Waals surface area contributed by atoms with E-state index in [4.69, 9.17) is 55.7 Å². The Labute approximate surface area is 507 Å². The molecule has 0 atom stereocenters. The Bertz CT molecular complexity index is 3370. The van der Waals surface area contributed by atoms with Crippen LogP contribution in [-0.4, -0.2) is 117 Å². The van der Waals surface area contributed by atoms with Crippen LogP contribution in [0.1, 0.15) is 51.4 Å². The first-order chi connectivity index (χ1) is 42.8. The molecule has 0 fully saturated rings. The predicted octanol–water partition coefficient (Wildman–Crippen LogP) is 11.4. The van der Waals surface area contributed by atoms with Gasteiger partial charge in [0.1, 0.15) is 13.1 Å². The summed E-state index contributed by atoms with van der Waals surface area (Å²) < 4.78 is 43.8. The topological polar surface area (TPSA) is 280 Å². The predicted molar refractivity (Wildman–Crippen MR) is 339 cm³/mol. The monoisotopic (exact) mass is 1180 g/mol. The molecule has 0 saturated heterocycles. The van der Waals surface area contributed by atoms with Crippen molar-refractivity contribution < 1.29 is 51.9 Å². The number of amides is 2. The number of anilines is 2. The molecule has 8 rings (SSSR count). The number of hydrogen-bond acceptors (Lipinski definition) is 13. The molecule has 87 heavy (non-hydrogen) atoms. The number of azide groups is 2. The van der Waals surface area contributed by atoms with Gasteiger partial charge in [-0.15, -0.1) is 0 Å². The summed E-state index contributed by atoms with van der Waals surface area (Å²) in [6, 6.07) is 43.9. The number of ether oxygens (including phenoxy) is 7. The van der Waals surface area contributed by atoms with Gasteiger partial charge in [-0.3, -0.25) is 9.59 Å². The number of carbonyl (C=O) groups is 2. The van der Waals surface area contributed by atoms with Crippen molar-refractivity contribution in [3.8, 4) is 22.5 Å². The number of aryl methyl sites for hydroxylation is 2. The van der Waals surface area contributed by atoms with E-state index in [1.54, 1.807) is 0 Å². The molecular formula is C66H80N12O9+2. The number of nitrogens with zero attached hydrogens (tertiary/aromatic N) is 8. The van der Waals surface area contributed by atoms with Crippen LogP contribution in [0.2, 0.25) is 0 Å². The lowest BCUT2D eigenvalue weighted by molar-refractivity contribution is -0.660. The van der Waals surface area contributed by atoms with Crippen molar-refractivity contribution in [3.63, 3.8) is 0 Å². The first kappa shape index (κ1) is 64.5. The van der Waals surface area contributed by atoms with Gasteiger partial charge in [0.2, 0.25) is 34.2 Å². The summed E-state index contributed by atoms with van der Waals surface area (Å²) in [4.78, 5) is 31.3. The second-order valence-corrected chi connectivity index (χ2v) is 20.7. The highest BCUT2D eigenvalue weighted by atomic mass is 16.6. The maximum atomic E-state index is 12.6. The van der Waals surface area contributed by atoms with E-state index in [1.807, 2.05) is 109 Å². The van der Waals surface area contributed by atoms with E-state index in [0.29, 0.717) is 154 Å². The van der Waals surface area contributed by atoms with Crippen molar-refractivity contribution >= 4 is 77.9 Å². The van der Waals surface area contributed by atoms with Crippen molar-refractivity contribution in [2.45, 2.75) is 64.5 Å². The lowest BCUT2D eigenvalue weighted by Gasteiger charge is -2.13. The van der Waals surface area contributed by atoms with Crippen molar-refractivity contribution in [1.82, 2.24) is 10.6 Å². The average molecular weight is 1190 g/mol. The first-order valence-corrected chi connectivity index (χ1v) is 30.0. The Morgan fingerprint density at radius 2 is 0.747 bits per heavy atom. The number of benzene rings is 6. The number of aromatic nitrogens is 2. The molecule has 0 spiro atoms. The van der Waals surface area contributed by atoms with Crippen LogP contribution in [0.15, 0.2) is 144 Å². The highest BCUT2D eigenvalue weighted by molar-refractivity contribution is 6.11. The van der Waals surface area contributed by atoms with Gasteiger partial charge in [-0.1, -0.05) is 70.9 Å². The lowest BCUT2D eigenvalue weighted by atomic mass is 9.98. The minimum absolute atomic E-state index is 0.00230. The minimum atomic E-state index is -0.00230. The fourth-order valence-electron chi connectivity index (χ4n) is 10.6. The van der Waals surface area contributed by atoms with Gasteiger partial charge in [-0.05, 0) is 97.4 Å². The third kappa shape index (κ3) is 19.8. The fraction of sp³-hybridized carbons (Fsp3) is 0.394. The van der Waals surface area contributed by atoms with E-state index in [1.165, 1.54) is 0 Å². The molecule has 2 amide bonds. The van der Waals surface area contributed by atoms with Gasteiger partial charge >= 0.3 is 0 Å². The molecule has 21 heteroatoms. The van der Waals surface area contributed by atoms with Crippen molar-refractivity contribution in [1.29, 1.82) is 0 Å². The maximum absolute atomic E-state index is 12.6. The van der Waals surface area contributed by atoms with Crippen LogP contribution in [0.4, 0.5) is 22.7 Å². The highest BCUT2D eigenvalue weighted by Gasteiger charge is 2.26. The second-order valence-electron chi connectivity index (χ2n) is 20.7. The molecule has 6 N–H and O–H groups in total. The summed E-state index contributed by atoms with van der Waals surface area (Å²) in [6.45, 7) is 8.33. The largest absolute Gasteiger partial charge is 0.399 e. The van der Waals surface area contributed by atoms with E-state index >= 15 is 0 Å². The molecule has 0 saturated carbocycles. The summed E-state index contributed by atoms with van der Waals surface area (Å²) in [6.07, 6.45) is 5.78. The molecule has 0 bridgehead atoms. The number of carbonyl (C=O) groups excluding carboxylic acids is 2. The van der Waals surface area contributed by atoms with Gasteiger partial charge in [-0.2, -0.15) is 9.13 Å². The molecule has 0 aliphatic heterocycles. The molecule has 6 aromatic carbocycles. The maximum Gasteiger partial charge on any atom is 0.220 e. The minimum Gasteiger partial charge on any atom is -0.399 e. The third-order valence-corrected chi connectivity index (χ3v) is 14.6. The van der Waals surface area contributed by atoms with Crippen LogP contribution in [0.25, 0.3) is 86.8 Å². The number of nitrogens with one attached hydrogen (secondary N) is 2. The zero-order valence-corrected chi connectivity index (χ0v) is 49.5. The Morgan fingerprint density at radius 1 is 0.402 bits per heavy atom. The first-order valence-electron chi connectivity index (χ1n) is 30.0. The summed E-state index contributed by atoms with van der Waals surface area (Å²) in [5, 5.41) is 19.9. The summed E-state index contributed by atoms with van der Waals surface area (Å²) in [5.41, 5.74) is 39.6. The zero-order chi connectivity index (χ0) is 60.7. The van der Waals surface area contributed by atoms with E-state index in [0.717, 1.165) is 104 Å². The molecule has 0 radical (unpaired) electrons. The smallest absolute Gasteiger partial charge is 0.220 e. The number of pyridine rings is 2. The number of unbranched alkanes of at least 4 members (excludes halogenated alkanes) is 4. The molecule has 0 aliphatic carbocycles. The van der Waals surface area contributed by atoms with Crippen molar-refractivity contribution in [3.05, 3.63) is 154 Å². The van der Waals surface area contributed by atoms with Crippen LogP contribution in [0, 0.1) is 0 Å².